The van der Waals surface area contributed by atoms with Crippen molar-refractivity contribution in [3.05, 3.63) is 36.5 Å². The maximum atomic E-state index is 14.4. The van der Waals surface area contributed by atoms with Gasteiger partial charge in [-0.2, -0.15) is 47.0 Å². The van der Waals surface area contributed by atoms with Crippen LogP contribution in [0.2, 0.25) is 0 Å². The average molecular weight is 960 g/mol. The molecule has 4 aliphatic rings. The number of carbonyl (C=O) groups is 3. The van der Waals surface area contributed by atoms with E-state index in [2.05, 4.69) is 146 Å². The highest BCUT2D eigenvalue weighted by Crippen LogP contribution is 2.52. The van der Waals surface area contributed by atoms with Crippen LogP contribution < -0.4 is 9.80 Å². The first kappa shape index (κ1) is 53.8. The average Bonchev–Trinajstić information content (AvgIpc) is 3.61. The van der Waals surface area contributed by atoms with E-state index in [9.17, 15) is 14.4 Å². The Labute approximate surface area is 407 Å². The summed E-state index contributed by atoms with van der Waals surface area (Å²) < 4.78 is 0. The number of hydrogen-bond acceptors (Lipinski definition) is 11. The van der Waals surface area contributed by atoms with E-state index in [1.165, 1.54) is 17.7 Å². The van der Waals surface area contributed by atoms with Crippen molar-refractivity contribution in [1.82, 2.24) is 19.6 Å². The lowest BCUT2D eigenvalue weighted by atomic mass is 9.72. The van der Waals surface area contributed by atoms with Gasteiger partial charge in [0.05, 0.1) is 17.5 Å². The van der Waals surface area contributed by atoms with Crippen LogP contribution in [0.5, 0.6) is 0 Å². The molecule has 0 bridgehead atoms. The number of fused-ring (bicyclic) bond motifs is 2. The van der Waals surface area contributed by atoms with Gasteiger partial charge in [-0.25, -0.2) is 0 Å². The van der Waals surface area contributed by atoms with Crippen LogP contribution in [0.4, 0.5) is 11.4 Å². The first-order chi connectivity index (χ1) is 30.4. The topological polar surface area (TPSA) is 70.7 Å². The normalized spacial score (nSPS) is 27.3. The molecule has 10 unspecified atom stereocenters. The monoisotopic (exact) mass is 959 g/mol. The fourth-order valence-corrected chi connectivity index (χ4v) is 16.6. The van der Waals surface area contributed by atoms with Crippen LogP contribution in [0.1, 0.15) is 79.1 Å². The predicted octanol–water partition coefficient (Wildman–Crippen LogP) is 9.23. The molecule has 10 atom stereocenters. The third kappa shape index (κ3) is 14.4. The van der Waals surface area contributed by atoms with Crippen molar-refractivity contribution in [3.63, 3.8) is 0 Å². The van der Waals surface area contributed by atoms with Crippen LogP contribution in [-0.4, -0.2) is 164 Å². The quantitative estimate of drug-likeness (QED) is 0.0836. The molecule has 2 heterocycles. The van der Waals surface area contributed by atoms with Crippen molar-refractivity contribution in [2.75, 3.05) is 115 Å². The van der Waals surface area contributed by atoms with E-state index in [0.717, 1.165) is 99.1 Å². The molecule has 3 amide bonds. The molecular formula is C51H86N6O3S4. The van der Waals surface area contributed by atoms with Gasteiger partial charge in [-0.3, -0.25) is 24.2 Å². The fraction of sp³-hybridized carbons (Fsp3) is 0.784. The number of nitrogens with zero attached hydrogens (tertiary/aromatic N) is 6. The Morgan fingerprint density at radius 3 is 1.28 bits per heavy atom. The van der Waals surface area contributed by atoms with Crippen LogP contribution in [0.3, 0.4) is 0 Å². The lowest BCUT2D eigenvalue weighted by Crippen LogP contribution is -2.36. The highest BCUT2D eigenvalue weighted by Gasteiger charge is 2.54. The molecule has 0 N–H and O–H groups in total. The van der Waals surface area contributed by atoms with Crippen LogP contribution in [0.25, 0.3) is 0 Å². The number of imide groups is 1. The molecule has 1 aromatic carbocycles. The Hall–Kier alpha value is -1.19. The number of carbonyl (C=O) groups excluding carboxylic acids is 3. The molecule has 9 nitrogen and oxygen atoms in total. The summed E-state index contributed by atoms with van der Waals surface area (Å²) in [7, 11) is 17.1. The molecule has 2 saturated heterocycles. The van der Waals surface area contributed by atoms with E-state index in [0.29, 0.717) is 50.4 Å². The number of thioether (sulfide) groups is 4. The number of allylic oxidation sites excluding steroid dienone is 1. The summed E-state index contributed by atoms with van der Waals surface area (Å²) in [6.45, 7) is 18.2. The zero-order valence-corrected chi connectivity index (χ0v) is 45.1. The van der Waals surface area contributed by atoms with Crippen molar-refractivity contribution < 1.29 is 14.4 Å². The van der Waals surface area contributed by atoms with Crippen LogP contribution in [0.15, 0.2) is 36.5 Å². The summed E-state index contributed by atoms with van der Waals surface area (Å²) in [5.41, 5.74) is 2.31. The molecule has 0 radical (unpaired) electrons. The van der Waals surface area contributed by atoms with Crippen molar-refractivity contribution in [3.8, 4) is 0 Å². The van der Waals surface area contributed by atoms with Gasteiger partial charge in [0.25, 0.3) is 0 Å². The minimum absolute atomic E-state index is 0.0439. The molecule has 13 heteroatoms. The Morgan fingerprint density at radius 2 is 0.875 bits per heavy atom. The minimum atomic E-state index is -0.275. The molecule has 2 aliphatic heterocycles. The van der Waals surface area contributed by atoms with Crippen LogP contribution in [-0.2, 0) is 14.4 Å². The SMILES string of the molecule is C=C1C2CC(CCC(SCCN(C)C)C(C)C)C(SCCN(C)C)CC2C(=O)N1c1ccc(N2C(=O)C3CC(CCC(SCCN(C)C)C(C)C)C(SCCN(C)C)CC3C2=O)cc1. The van der Waals surface area contributed by atoms with Crippen molar-refractivity contribution in [1.29, 1.82) is 0 Å². The molecule has 2 saturated carbocycles. The summed E-state index contributed by atoms with van der Waals surface area (Å²) in [4.78, 5) is 55.5. The summed E-state index contributed by atoms with van der Waals surface area (Å²) >= 11 is 8.31. The molecule has 64 heavy (non-hydrogen) atoms. The standard InChI is InChI=1S/C51H86N6O3S4/c1-34(2)45(61-26-22-52(6)7)20-14-37-30-41-36(5)56(49(58)43(41)32-47(37)63-28-24-54(10)11)39-16-18-40(19-17-39)57-50(59)42-31-38(15-21-46(35(3)4)62-27-23-53(8)9)48(33-44(42)51(57)60)64-29-25-55(12)13/h16-19,34-35,37-38,41-48H,5,14-15,20-33H2,1-4,6-13H3. The molecule has 5 rings (SSSR count). The third-order valence-corrected chi connectivity index (χ3v) is 20.5. The molecule has 362 valence electrons. The van der Waals surface area contributed by atoms with Crippen LogP contribution in [0, 0.1) is 47.3 Å². The van der Waals surface area contributed by atoms with Crippen molar-refractivity contribution in [2.45, 2.75) is 100 Å². The zero-order chi connectivity index (χ0) is 46.8. The number of amides is 3. The molecule has 0 spiro atoms. The van der Waals surface area contributed by atoms with Gasteiger partial charge in [0.2, 0.25) is 17.7 Å². The second-order valence-corrected chi connectivity index (χ2v) is 26.5. The van der Waals surface area contributed by atoms with E-state index in [1.54, 1.807) is 0 Å². The second kappa shape index (κ2) is 25.4. The second-order valence-electron chi connectivity index (χ2n) is 21.1. The van der Waals surface area contributed by atoms with Gasteiger partial charge in [0.15, 0.2) is 0 Å². The highest BCUT2D eigenvalue weighted by atomic mass is 32.2. The maximum Gasteiger partial charge on any atom is 0.237 e. The molecule has 1 aromatic rings. The summed E-state index contributed by atoms with van der Waals surface area (Å²) in [5, 5.41) is 2.03. The first-order valence-electron chi connectivity index (χ1n) is 24.4. The summed E-state index contributed by atoms with van der Waals surface area (Å²) in [6, 6.07) is 7.68. The highest BCUT2D eigenvalue weighted by molar-refractivity contribution is 8.00. The van der Waals surface area contributed by atoms with Crippen LogP contribution >= 0.6 is 47.0 Å². The number of anilines is 2. The molecule has 0 aromatic heterocycles. The van der Waals surface area contributed by atoms with Gasteiger partial charge in [0, 0.05) is 93.4 Å². The van der Waals surface area contributed by atoms with Gasteiger partial charge >= 0.3 is 0 Å². The predicted molar refractivity (Wildman–Crippen MR) is 282 cm³/mol. The van der Waals surface area contributed by atoms with Gasteiger partial charge in [-0.05, 0) is 156 Å². The first-order valence-corrected chi connectivity index (χ1v) is 28.6. The summed E-state index contributed by atoms with van der Waals surface area (Å²) in [6.07, 6.45) is 8.06. The number of rotatable bonds is 26. The Bertz CT molecular complexity index is 1540. The lowest BCUT2D eigenvalue weighted by Gasteiger charge is -2.38. The summed E-state index contributed by atoms with van der Waals surface area (Å²) in [5.74, 6) is 6.12. The van der Waals surface area contributed by atoms with Gasteiger partial charge in [-0.15, -0.1) is 0 Å². The van der Waals surface area contributed by atoms with E-state index in [-0.39, 0.29) is 41.4 Å². The maximum absolute atomic E-state index is 14.4. The third-order valence-electron chi connectivity index (χ3n) is 14.4. The minimum Gasteiger partial charge on any atom is -0.309 e. The van der Waals surface area contributed by atoms with Gasteiger partial charge in [-0.1, -0.05) is 34.3 Å². The van der Waals surface area contributed by atoms with Crippen molar-refractivity contribution >= 4 is 76.1 Å². The zero-order valence-electron chi connectivity index (χ0n) is 41.8. The molecular weight excluding hydrogens is 873 g/mol. The fourth-order valence-electron chi connectivity index (χ4n) is 10.4. The van der Waals surface area contributed by atoms with Crippen molar-refractivity contribution in [2.24, 2.45) is 47.3 Å². The molecule has 4 fully saturated rings. The van der Waals surface area contributed by atoms with Gasteiger partial charge in [0.1, 0.15) is 0 Å². The molecule has 2 aliphatic carbocycles. The Balaban J connectivity index is 1.28. The Morgan fingerprint density at radius 1 is 0.531 bits per heavy atom. The van der Waals surface area contributed by atoms with E-state index >= 15 is 0 Å². The van der Waals surface area contributed by atoms with Gasteiger partial charge < -0.3 is 19.6 Å². The number of hydrogen-bond donors (Lipinski definition) is 0. The smallest absolute Gasteiger partial charge is 0.237 e. The number of benzene rings is 1. The van der Waals surface area contributed by atoms with E-state index in [4.69, 9.17) is 0 Å². The Kier molecular flexibility index (Phi) is 21.4. The lowest BCUT2D eigenvalue weighted by molar-refractivity contribution is -0.123. The van der Waals surface area contributed by atoms with E-state index in [1.807, 2.05) is 40.9 Å². The largest absolute Gasteiger partial charge is 0.309 e. The van der Waals surface area contributed by atoms with E-state index < -0.39 is 0 Å².